The standard InChI is InChI=1S/C20H21N3O4/c24-18(23-17(19(25)26)11-13-5-2-1-3-6-13)14-7-4-8-16(12-14)22-20(27)21-15-9-10-15/h1-8,12,15,17H,9-11H2,(H,23,24)(H,25,26)(H2,21,22,27)/t17-/m0/s1. The maximum Gasteiger partial charge on any atom is 0.326 e. The lowest BCUT2D eigenvalue weighted by molar-refractivity contribution is -0.139. The zero-order chi connectivity index (χ0) is 19.2. The summed E-state index contributed by atoms with van der Waals surface area (Å²) in [5, 5.41) is 17.4. The van der Waals surface area contributed by atoms with Gasteiger partial charge in [0, 0.05) is 23.7 Å². The molecule has 1 atom stereocenters. The van der Waals surface area contributed by atoms with Crippen LogP contribution in [0.15, 0.2) is 54.6 Å². The molecule has 0 aromatic heterocycles. The molecule has 0 unspecified atom stereocenters. The summed E-state index contributed by atoms with van der Waals surface area (Å²) in [4.78, 5) is 35.8. The molecule has 0 aliphatic heterocycles. The average Bonchev–Trinajstić information content (AvgIpc) is 3.46. The van der Waals surface area contributed by atoms with Crippen molar-refractivity contribution in [3.63, 3.8) is 0 Å². The minimum absolute atomic E-state index is 0.184. The Bertz CT molecular complexity index is 834. The van der Waals surface area contributed by atoms with Crippen molar-refractivity contribution in [3.8, 4) is 0 Å². The Hall–Kier alpha value is -3.35. The number of nitrogens with one attached hydrogen (secondary N) is 3. The monoisotopic (exact) mass is 367 g/mol. The zero-order valence-electron chi connectivity index (χ0n) is 14.6. The van der Waals surface area contributed by atoms with Gasteiger partial charge in [-0.1, -0.05) is 36.4 Å². The molecule has 7 heteroatoms. The molecule has 1 aliphatic carbocycles. The van der Waals surface area contributed by atoms with Gasteiger partial charge in [-0.2, -0.15) is 0 Å². The predicted octanol–water partition coefficient (Wildman–Crippen LogP) is 2.40. The van der Waals surface area contributed by atoms with E-state index in [9.17, 15) is 19.5 Å². The third kappa shape index (κ3) is 5.57. The van der Waals surface area contributed by atoms with E-state index >= 15 is 0 Å². The van der Waals surface area contributed by atoms with E-state index in [1.54, 1.807) is 18.2 Å². The molecule has 0 heterocycles. The van der Waals surface area contributed by atoms with Crippen LogP contribution in [0.2, 0.25) is 0 Å². The molecule has 3 amide bonds. The molecule has 0 radical (unpaired) electrons. The minimum Gasteiger partial charge on any atom is -0.480 e. The summed E-state index contributed by atoms with van der Waals surface area (Å²) in [6.45, 7) is 0. The number of carboxylic acids is 1. The Labute approximate surface area is 156 Å². The van der Waals surface area contributed by atoms with Crippen molar-refractivity contribution in [1.29, 1.82) is 0 Å². The second-order valence-corrected chi connectivity index (χ2v) is 6.51. The number of urea groups is 1. The normalized spacial score (nSPS) is 14.1. The number of carbonyl (C=O) groups is 3. The van der Waals surface area contributed by atoms with Crippen LogP contribution in [0.3, 0.4) is 0 Å². The summed E-state index contributed by atoms with van der Waals surface area (Å²) in [6.07, 6.45) is 2.14. The Balaban J connectivity index is 1.63. The number of hydrogen-bond acceptors (Lipinski definition) is 3. The van der Waals surface area contributed by atoms with E-state index in [4.69, 9.17) is 0 Å². The van der Waals surface area contributed by atoms with Crippen LogP contribution in [0.25, 0.3) is 0 Å². The van der Waals surface area contributed by atoms with Crippen LogP contribution in [0.4, 0.5) is 10.5 Å². The summed E-state index contributed by atoms with van der Waals surface area (Å²) in [5.41, 5.74) is 1.56. The van der Waals surface area contributed by atoms with Crippen molar-refractivity contribution in [2.24, 2.45) is 0 Å². The average molecular weight is 367 g/mol. The number of anilines is 1. The van der Waals surface area contributed by atoms with Crippen LogP contribution < -0.4 is 16.0 Å². The highest BCUT2D eigenvalue weighted by atomic mass is 16.4. The molecule has 1 aliphatic rings. The van der Waals surface area contributed by atoms with E-state index < -0.39 is 17.9 Å². The first-order valence-electron chi connectivity index (χ1n) is 8.76. The van der Waals surface area contributed by atoms with E-state index in [2.05, 4.69) is 16.0 Å². The van der Waals surface area contributed by atoms with Crippen molar-refractivity contribution in [2.75, 3.05) is 5.32 Å². The first-order chi connectivity index (χ1) is 13.0. The highest BCUT2D eigenvalue weighted by Gasteiger charge is 2.24. The predicted molar refractivity (Wildman–Crippen MR) is 101 cm³/mol. The Morgan fingerprint density at radius 3 is 2.44 bits per heavy atom. The molecule has 27 heavy (non-hydrogen) atoms. The molecule has 1 saturated carbocycles. The number of carboxylic acid groups (broad SMARTS) is 1. The van der Waals surface area contributed by atoms with Gasteiger partial charge in [-0.05, 0) is 36.6 Å². The van der Waals surface area contributed by atoms with E-state index in [0.717, 1.165) is 18.4 Å². The van der Waals surface area contributed by atoms with Gasteiger partial charge in [-0.25, -0.2) is 9.59 Å². The summed E-state index contributed by atoms with van der Waals surface area (Å²) in [7, 11) is 0. The quantitative estimate of drug-likeness (QED) is 0.603. The Morgan fingerprint density at radius 2 is 1.78 bits per heavy atom. The lowest BCUT2D eigenvalue weighted by Gasteiger charge is -2.15. The van der Waals surface area contributed by atoms with Crippen molar-refractivity contribution in [2.45, 2.75) is 31.3 Å². The number of rotatable bonds is 7. The van der Waals surface area contributed by atoms with Gasteiger partial charge < -0.3 is 21.1 Å². The number of benzene rings is 2. The second kappa shape index (κ2) is 8.35. The minimum atomic E-state index is -1.11. The highest BCUT2D eigenvalue weighted by molar-refractivity contribution is 5.98. The zero-order valence-corrected chi connectivity index (χ0v) is 14.6. The van der Waals surface area contributed by atoms with Crippen molar-refractivity contribution in [3.05, 3.63) is 65.7 Å². The van der Waals surface area contributed by atoms with Gasteiger partial charge in [0.05, 0.1) is 0 Å². The number of carbonyl (C=O) groups excluding carboxylic acids is 2. The van der Waals surface area contributed by atoms with E-state index in [0.29, 0.717) is 5.69 Å². The van der Waals surface area contributed by atoms with Crippen molar-refractivity contribution >= 4 is 23.6 Å². The largest absolute Gasteiger partial charge is 0.480 e. The van der Waals surface area contributed by atoms with Crippen LogP contribution in [0.5, 0.6) is 0 Å². The van der Waals surface area contributed by atoms with Crippen LogP contribution in [0, 0.1) is 0 Å². The highest BCUT2D eigenvalue weighted by Crippen LogP contribution is 2.19. The summed E-state index contributed by atoms with van der Waals surface area (Å²) in [5.74, 6) is -1.62. The van der Waals surface area contributed by atoms with Gasteiger partial charge in [0.25, 0.3) is 5.91 Å². The van der Waals surface area contributed by atoms with E-state index in [1.807, 2.05) is 30.3 Å². The molecule has 140 valence electrons. The summed E-state index contributed by atoms with van der Waals surface area (Å²) >= 11 is 0. The summed E-state index contributed by atoms with van der Waals surface area (Å²) < 4.78 is 0. The van der Waals surface area contributed by atoms with Gasteiger partial charge in [0.15, 0.2) is 0 Å². The fraction of sp³-hybridized carbons (Fsp3) is 0.250. The Morgan fingerprint density at radius 1 is 1.04 bits per heavy atom. The second-order valence-electron chi connectivity index (χ2n) is 6.51. The third-order valence-electron chi connectivity index (χ3n) is 4.18. The third-order valence-corrected chi connectivity index (χ3v) is 4.18. The number of hydrogen-bond donors (Lipinski definition) is 4. The maximum absolute atomic E-state index is 12.5. The lowest BCUT2D eigenvalue weighted by atomic mass is 10.1. The van der Waals surface area contributed by atoms with Crippen LogP contribution in [-0.4, -0.2) is 35.1 Å². The molecule has 0 spiro atoms. The van der Waals surface area contributed by atoms with Crippen LogP contribution in [0.1, 0.15) is 28.8 Å². The first-order valence-corrected chi connectivity index (χ1v) is 8.76. The number of amides is 3. The van der Waals surface area contributed by atoms with Gasteiger partial charge in [0.2, 0.25) is 0 Å². The topological polar surface area (TPSA) is 108 Å². The van der Waals surface area contributed by atoms with Gasteiger partial charge in [0.1, 0.15) is 6.04 Å². The molecule has 4 N–H and O–H groups in total. The maximum atomic E-state index is 12.5. The van der Waals surface area contributed by atoms with Crippen LogP contribution in [-0.2, 0) is 11.2 Å². The SMILES string of the molecule is O=C(Nc1cccc(C(=O)N[C@@H](Cc2ccccc2)C(=O)O)c1)NC1CC1. The molecular formula is C20H21N3O4. The van der Waals surface area contributed by atoms with E-state index in [-0.39, 0.29) is 24.1 Å². The molecule has 1 fully saturated rings. The van der Waals surface area contributed by atoms with Gasteiger partial charge >= 0.3 is 12.0 Å². The molecule has 2 aromatic rings. The van der Waals surface area contributed by atoms with Gasteiger partial charge in [-0.15, -0.1) is 0 Å². The van der Waals surface area contributed by atoms with Crippen LogP contribution >= 0.6 is 0 Å². The smallest absolute Gasteiger partial charge is 0.326 e. The molecular weight excluding hydrogens is 346 g/mol. The fourth-order valence-electron chi connectivity index (χ4n) is 2.61. The van der Waals surface area contributed by atoms with Crippen molar-refractivity contribution in [1.82, 2.24) is 10.6 Å². The molecule has 0 saturated heterocycles. The first kappa shape index (κ1) is 18.4. The Kier molecular flexibility index (Phi) is 5.71. The number of aliphatic carboxylic acids is 1. The summed E-state index contributed by atoms with van der Waals surface area (Å²) in [6, 6.07) is 14.4. The molecule has 2 aromatic carbocycles. The van der Waals surface area contributed by atoms with E-state index in [1.165, 1.54) is 6.07 Å². The molecule has 3 rings (SSSR count). The molecule has 7 nitrogen and oxygen atoms in total. The molecule has 0 bridgehead atoms. The fourth-order valence-corrected chi connectivity index (χ4v) is 2.61. The lowest BCUT2D eigenvalue weighted by Crippen LogP contribution is -2.42. The van der Waals surface area contributed by atoms with Crippen molar-refractivity contribution < 1.29 is 19.5 Å². The van der Waals surface area contributed by atoms with Gasteiger partial charge in [-0.3, -0.25) is 4.79 Å².